The maximum atomic E-state index is 6.08. The number of thiophene rings is 1. The molecule has 24 heavy (non-hydrogen) atoms. The Morgan fingerprint density at radius 2 is 1.79 bits per heavy atom. The van der Waals surface area contributed by atoms with E-state index < -0.39 is 0 Å². The highest BCUT2D eigenvalue weighted by Crippen LogP contribution is 2.43. The summed E-state index contributed by atoms with van der Waals surface area (Å²) in [6.07, 6.45) is 0. The number of benzene rings is 1. The average molecular weight is 364 g/mol. The molecule has 5 nitrogen and oxygen atoms in total. The Kier molecular flexibility index (Phi) is 4.51. The molecule has 0 fully saturated rings. The number of hydrogen-bond donors (Lipinski definition) is 0. The number of fused-ring (bicyclic) bond motifs is 1. The summed E-state index contributed by atoms with van der Waals surface area (Å²) in [5.41, 5.74) is 2.13. The van der Waals surface area contributed by atoms with E-state index >= 15 is 0 Å². The van der Waals surface area contributed by atoms with Crippen molar-refractivity contribution < 1.29 is 9.47 Å². The minimum atomic E-state index is 0.256. The fourth-order valence-corrected chi connectivity index (χ4v) is 3.99. The highest BCUT2D eigenvalue weighted by Gasteiger charge is 2.20. The topological polar surface area (TPSA) is 47.5 Å². The molecule has 2 aromatic heterocycles. The Balaban J connectivity index is 2.32. The summed E-state index contributed by atoms with van der Waals surface area (Å²) >= 11 is 7.69. The second kappa shape index (κ2) is 6.45. The molecule has 126 valence electrons. The minimum Gasteiger partial charge on any atom is -0.493 e. The molecule has 0 saturated carbocycles. The van der Waals surface area contributed by atoms with Gasteiger partial charge in [0.1, 0.15) is 10.6 Å². The second-order valence-electron chi connectivity index (χ2n) is 5.49. The fraction of sp³-hybridized carbons (Fsp3) is 0.294. The fourth-order valence-electron chi connectivity index (χ4n) is 2.73. The van der Waals surface area contributed by atoms with Crippen molar-refractivity contribution in [3.8, 4) is 22.6 Å². The van der Waals surface area contributed by atoms with Crippen molar-refractivity contribution in [2.24, 2.45) is 0 Å². The van der Waals surface area contributed by atoms with Crippen molar-refractivity contribution in [1.29, 1.82) is 0 Å². The molecule has 0 saturated heterocycles. The lowest BCUT2D eigenvalue weighted by molar-refractivity contribution is 0.355. The Labute approximate surface area is 149 Å². The van der Waals surface area contributed by atoms with Gasteiger partial charge in [0.2, 0.25) is 5.28 Å². The molecule has 0 aliphatic rings. The van der Waals surface area contributed by atoms with E-state index in [-0.39, 0.29) is 5.28 Å². The van der Waals surface area contributed by atoms with Crippen LogP contribution in [-0.2, 0) is 0 Å². The third kappa shape index (κ3) is 2.76. The van der Waals surface area contributed by atoms with E-state index in [0.717, 1.165) is 32.0 Å². The van der Waals surface area contributed by atoms with Gasteiger partial charge in [-0.1, -0.05) is 6.07 Å². The van der Waals surface area contributed by atoms with Gasteiger partial charge in [0.15, 0.2) is 11.5 Å². The number of aryl methyl sites for hydroxylation is 1. The summed E-state index contributed by atoms with van der Waals surface area (Å²) in [6.45, 7) is 2.08. The third-order valence-corrected chi connectivity index (χ3v) is 4.95. The van der Waals surface area contributed by atoms with Gasteiger partial charge >= 0.3 is 0 Å². The molecular formula is C17H18ClN3O2S. The smallest absolute Gasteiger partial charge is 0.225 e. The van der Waals surface area contributed by atoms with Crippen LogP contribution in [0.1, 0.15) is 4.88 Å². The van der Waals surface area contributed by atoms with E-state index in [1.54, 1.807) is 25.6 Å². The van der Waals surface area contributed by atoms with Crippen LogP contribution in [0.3, 0.4) is 0 Å². The second-order valence-corrected chi connectivity index (χ2v) is 7.04. The summed E-state index contributed by atoms with van der Waals surface area (Å²) in [5, 5.41) is 1.26. The Morgan fingerprint density at radius 3 is 2.42 bits per heavy atom. The molecule has 1 aromatic carbocycles. The zero-order chi connectivity index (χ0) is 17.4. The lowest BCUT2D eigenvalue weighted by Crippen LogP contribution is -2.11. The van der Waals surface area contributed by atoms with Crippen molar-refractivity contribution in [1.82, 2.24) is 9.97 Å². The van der Waals surface area contributed by atoms with Crippen LogP contribution < -0.4 is 14.4 Å². The lowest BCUT2D eigenvalue weighted by Gasteiger charge is -2.15. The van der Waals surface area contributed by atoms with Crippen molar-refractivity contribution in [2.45, 2.75) is 6.92 Å². The van der Waals surface area contributed by atoms with Crippen LogP contribution in [0.2, 0.25) is 5.28 Å². The Bertz CT molecular complexity index is 908. The van der Waals surface area contributed by atoms with Crippen LogP contribution in [0.4, 0.5) is 5.82 Å². The highest BCUT2D eigenvalue weighted by molar-refractivity contribution is 7.19. The van der Waals surface area contributed by atoms with Gasteiger partial charge in [0, 0.05) is 24.5 Å². The first-order valence-electron chi connectivity index (χ1n) is 7.32. The minimum absolute atomic E-state index is 0.256. The Morgan fingerprint density at radius 1 is 1.08 bits per heavy atom. The number of ether oxygens (including phenoxy) is 2. The van der Waals surface area contributed by atoms with Gasteiger partial charge in [0.05, 0.1) is 19.6 Å². The van der Waals surface area contributed by atoms with Crippen molar-refractivity contribution in [2.75, 3.05) is 33.2 Å². The van der Waals surface area contributed by atoms with E-state index in [9.17, 15) is 0 Å². The van der Waals surface area contributed by atoms with Crippen LogP contribution in [0, 0.1) is 6.92 Å². The van der Waals surface area contributed by atoms with Gasteiger partial charge in [-0.15, -0.1) is 11.3 Å². The lowest BCUT2D eigenvalue weighted by atomic mass is 10.0. The molecule has 0 N–H and O–H groups in total. The maximum Gasteiger partial charge on any atom is 0.225 e. The zero-order valence-corrected chi connectivity index (χ0v) is 15.7. The van der Waals surface area contributed by atoms with Gasteiger partial charge in [-0.05, 0) is 36.2 Å². The largest absolute Gasteiger partial charge is 0.493 e. The number of rotatable bonds is 4. The van der Waals surface area contributed by atoms with Crippen LogP contribution in [0.15, 0.2) is 18.2 Å². The number of methoxy groups -OCH3 is 2. The first kappa shape index (κ1) is 16.8. The molecule has 0 aliphatic heterocycles. The molecule has 2 heterocycles. The van der Waals surface area contributed by atoms with E-state index in [0.29, 0.717) is 11.5 Å². The zero-order valence-electron chi connectivity index (χ0n) is 14.2. The normalized spacial score (nSPS) is 10.9. The first-order valence-corrected chi connectivity index (χ1v) is 8.52. The van der Waals surface area contributed by atoms with Crippen LogP contribution in [-0.4, -0.2) is 38.3 Å². The molecule has 7 heteroatoms. The number of nitrogens with zero attached hydrogens (tertiary/aromatic N) is 3. The van der Waals surface area contributed by atoms with E-state index in [4.69, 9.17) is 21.1 Å². The van der Waals surface area contributed by atoms with Gasteiger partial charge in [-0.3, -0.25) is 0 Å². The van der Waals surface area contributed by atoms with Gasteiger partial charge in [-0.25, -0.2) is 4.98 Å². The number of anilines is 1. The molecule has 0 aliphatic carbocycles. The average Bonchev–Trinajstić information content (AvgIpc) is 2.88. The van der Waals surface area contributed by atoms with Crippen molar-refractivity contribution in [3.63, 3.8) is 0 Å². The summed E-state index contributed by atoms with van der Waals surface area (Å²) in [4.78, 5) is 12.8. The van der Waals surface area contributed by atoms with Crippen molar-refractivity contribution >= 4 is 39.0 Å². The monoisotopic (exact) mass is 363 g/mol. The Hall–Kier alpha value is -2.05. The van der Waals surface area contributed by atoms with E-state index in [1.165, 1.54) is 0 Å². The van der Waals surface area contributed by atoms with Crippen LogP contribution in [0.25, 0.3) is 21.3 Å². The molecule has 0 amide bonds. The maximum absolute atomic E-state index is 6.08. The quantitative estimate of drug-likeness (QED) is 0.643. The predicted octanol–water partition coefficient (Wildman–Crippen LogP) is 4.40. The molecule has 0 atom stereocenters. The molecule has 0 spiro atoms. The number of hydrogen-bond acceptors (Lipinski definition) is 6. The molecule has 0 bridgehead atoms. The molecule has 0 radical (unpaired) electrons. The molecular weight excluding hydrogens is 346 g/mol. The SMILES string of the molecule is COc1ccc(-c2c(C)sc3nc(Cl)nc(N(C)C)c23)cc1OC. The standard InChI is InChI=1S/C17H18ClN3O2S/c1-9-13(10-6-7-11(22-4)12(8-10)23-5)14-15(21(2)3)19-17(18)20-16(14)24-9/h6-8H,1-5H3. The van der Waals surface area contributed by atoms with E-state index in [1.807, 2.05) is 37.2 Å². The van der Waals surface area contributed by atoms with E-state index in [2.05, 4.69) is 16.9 Å². The predicted molar refractivity (Wildman–Crippen MR) is 100 cm³/mol. The van der Waals surface area contributed by atoms with Crippen molar-refractivity contribution in [3.05, 3.63) is 28.4 Å². The summed E-state index contributed by atoms with van der Waals surface area (Å²) in [5.74, 6) is 2.19. The number of halogens is 1. The molecule has 0 unspecified atom stereocenters. The van der Waals surface area contributed by atoms with Gasteiger partial charge < -0.3 is 14.4 Å². The van der Waals surface area contributed by atoms with Crippen LogP contribution in [0.5, 0.6) is 11.5 Å². The van der Waals surface area contributed by atoms with Gasteiger partial charge in [0.25, 0.3) is 0 Å². The third-order valence-electron chi connectivity index (χ3n) is 3.78. The number of aromatic nitrogens is 2. The first-order chi connectivity index (χ1) is 11.5. The van der Waals surface area contributed by atoms with Crippen LogP contribution >= 0.6 is 22.9 Å². The molecule has 3 aromatic rings. The summed E-state index contributed by atoms with van der Waals surface area (Å²) in [7, 11) is 7.16. The summed E-state index contributed by atoms with van der Waals surface area (Å²) in [6, 6.07) is 5.90. The highest BCUT2D eigenvalue weighted by atomic mass is 35.5. The summed E-state index contributed by atoms with van der Waals surface area (Å²) < 4.78 is 10.8. The molecule has 3 rings (SSSR count). The van der Waals surface area contributed by atoms with Gasteiger partial charge in [-0.2, -0.15) is 4.98 Å².